The average molecular weight is 407 g/mol. The van der Waals surface area contributed by atoms with E-state index in [1.54, 1.807) is 0 Å². The zero-order chi connectivity index (χ0) is 21.1. The first-order chi connectivity index (χ1) is 14.5. The maximum atomic E-state index is 13.0. The van der Waals surface area contributed by atoms with Gasteiger partial charge in [-0.05, 0) is 56.1 Å². The molecule has 30 heavy (non-hydrogen) atoms. The molecule has 2 fully saturated rings. The SMILES string of the molecule is C[C@H]1C[C@H](C)CN(c2nc3ccccc3nc2[C@@H](C#N)C(=O)OC2CCCCC2)C1. The van der Waals surface area contributed by atoms with E-state index < -0.39 is 11.9 Å². The molecule has 1 aromatic carbocycles. The van der Waals surface area contributed by atoms with E-state index in [0.717, 1.165) is 50.7 Å². The fourth-order valence-corrected chi connectivity index (χ4v) is 4.91. The van der Waals surface area contributed by atoms with Crippen molar-refractivity contribution in [3.05, 3.63) is 30.0 Å². The number of nitriles is 1. The van der Waals surface area contributed by atoms with Gasteiger partial charge in [-0.25, -0.2) is 9.97 Å². The Balaban J connectivity index is 1.71. The first-order valence-corrected chi connectivity index (χ1v) is 11.2. The first-order valence-electron chi connectivity index (χ1n) is 11.2. The van der Waals surface area contributed by atoms with Gasteiger partial charge in [0.1, 0.15) is 11.8 Å². The third-order valence-electron chi connectivity index (χ3n) is 6.22. The summed E-state index contributed by atoms with van der Waals surface area (Å²) in [4.78, 5) is 24.8. The Kier molecular flexibility index (Phi) is 6.17. The molecule has 6 nitrogen and oxygen atoms in total. The molecule has 0 amide bonds. The summed E-state index contributed by atoms with van der Waals surface area (Å²) in [6.45, 7) is 6.16. The Bertz CT molecular complexity index is 938. The molecule has 0 bridgehead atoms. The smallest absolute Gasteiger partial charge is 0.329 e. The molecule has 0 N–H and O–H groups in total. The molecule has 158 valence electrons. The highest BCUT2D eigenvalue weighted by atomic mass is 16.5. The lowest BCUT2D eigenvalue weighted by Gasteiger charge is -2.36. The summed E-state index contributed by atoms with van der Waals surface area (Å²) in [6, 6.07) is 9.80. The fourth-order valence-electron chi connectivity index (χ4n) is 4.91. The largest absolute Gasteiger partial charge is 0.461 e. The molecule has 2 heterocycles. The molecule has 1 aromatic heterocycles. The highest BCUT2D eigenvalue weighted by molar-refractivity contribution is 5.85. The third kappa shape index (κ3) is 4.40. The molecule has 0 radical (unpaired) electrons. The topological polar surface area (TPSA) is 79.1 Å². The van der Waals surface area contributed by atoms with E-state index in [-0.39, 0.29) is 6.10 Å². The lowest BCUT2D eigenvalue weighted by molar-refractivity contribution is -0.150. The second-order valence-corrected chi connectivity index (χ2v) is 9.03. The number of aromatic nitrogens is 2. The van der Waals surface area contributed by atoms with E-state index in [2.05, 4.69) is 24.8 Å². The monoisotopic (exact) mass is 406 g/mol. The van der Waals surface area contributed by atoms with Crippen molar-refractivity contribution >= 4 is 22.8 Å². The van der Waals surface area contributed by atoms with E-state index in [9.17, 15) is 10.1 Å². The summed E-state index contributed by atoms with van der Waals surface area (Å²) in [5.41, 5.74) is 1.90. The maximum Gasteiger partial charge on any atom is 0.329 e. The fraction of sp³-hybridized carbons (Fsp3) is 0.583. The number of fused-ring (bicyclic) bond motifs is 1. The van der Waals surface area contributed by atoms with Crippen LogP contribution in [0.4, 0.5) is 5.82 Å². The van der Waals surface area contributed by atoms with E-state index in [4.69, 9.17) is 14.7 Å². The number of esters is 1. The Morgan fingerprint density at radius 1 is 1.10 bits per heavy atom. The molecule has 0 spiro atoms. The van der Waals surface area contributed by atoms with Gasteiger partial charge < -0.3 is 9.64 Å². The molecule has 2 aromatic rings. The molecule has 6 heteroatoms. The molecule has 0 unspecified atom stereocenters. The molecular weight excluding hydrogens is 376 g/mol. The van der Waals surface area contributed by atoms with Crippen LogP contribution in [-0.2, 0) is 9.53 Å². The quantitative estimate of drug-likeness (QED) is 0.691. The van der Waals surface area contributed by atoms with Crippen molar-refractivity contribution in [2.24, 2.45) is 11.8 Å². The lowest BCUT2D eigenvalue weighted by atomic mass is 9.91. The van der Waals surface area contributed by atoms with Crippen molar-refractivity contribution in [1.82, 2.24) is 9.97 Å². The van der Waals surface area contributed by atoms with Gasteiger partial charge in [0.05, 0.1) is 17.1 Å². The van der Waals surface area contributed by atoms with Crippen molar-refractivity contribution in [3.8, 4) is 6.07 Å². The predicted octanol–water partition coefficient (Wildman–Crippen LogP) is 4.60. The Morgan fingerprint density at radius 3 is 2.37 bits per heavy atom. The van der Waals surface area contributed by atoms with Crippen molar-refractivity contribution in [3.63, 3.8) is 0 Å². The highest BCUT2D eigenvalue weighted by Crippen LogP contribution is 2.33. The lowest BCUT2D eigenvalue weighted by Crippen LogP contribution is -2.40. The van der Waals surface area contributed by atoms with E-state index in [1.807, 2.05) is 24.3 Å². The Labute approximate surface area is 178 Å². The standard InChI is InChI=1S/C24H30N4O2/c1-16-12-17(2)15-28(14-16)23-22(26-20-10-6-7-11-21(20)27-23)19(13-25)24(29)30-18-8-4-3-5-9-18/h6-7,10-11,16-19H,3-5,8-9,12,14-15H2,1-2H3/t16-,17-,19+/m0/s1. The summed E-state index contributed by atoms with van der Waals surface area (Å²) in [5.74, 6) is 0.133. The van der Waals surface area contributed by atoms with Gasteiger partial charge >= 0.3 is 5.97 Å². The summed E-state index contributed by atoms with van der Waals surface area (Å²) in [5, 5.41) is 9.94. The maximum absolute atomic E-state index is 13.0. The average Bonchev–Trinajstić information content (AvgIpc) is 2.74. The highest BCUT2D eigenvalue weighted by Gasteiger charge is 2.33. The number of piperidine rings is 1. The van der Waals surface area contributed by atoms with Crippen LogP contribution in [0.15, 0.2) is 24.3 Å². The zero-order valence-corrected chi connectivity index (χ0v) is 17.9. The summed E-state index contributed by atoms with van der Waals surface area (Å²) in [7, 11) is 0. The van der Waals surface area contributed by atoms with Crippen LogP contribution in [-0.4, -0.2) is 35.1 Å². The van der Waals surface area contributed by atoms with Gasteiger partial charge in [0.2, 0.25) is 0 Å². The minimum absolute atomic E-state index is 0.0889. The van der Waals surface area contributed by atoms with Gasteiger partial charge in [-0.2, -0.15) is 5.26 Å². The second-order valence-electron chi connectivity index (χ2n) is 9.03. The number of hydrogen-bond donors (Lipinski definition) is 0. The van der Waals surface area contributed by atoms with Crippen molar-refractivity contribution in [2.45, 2.75) is 64.4 Å². The van der Waals surface area contributed by atoms with Crippen molar-refractivity contribution in [1.29, 1.82) is 5.26 Å². The van der Waals surface area contributed by atoms with Gasteiger partial charge in [0.15, 0.2) is 11.7 Å². The number of hydrogen-bond acceptors (Lipinski definition) is 6. The van der Waals surface area contributed by atoms with E-state index in [1.165, 1.54) is 6.42 Å². The molecule has 1 aliphatic carbocycles. The van der Waals surface area contributed by atoms with Crippen LogP contribution in [0.3, 0.4) is 0 Å². The van der Waals surface area contributed by atoms with Crippen LogP contribution in [0.2, 0.25) is 0 Å². The number of rotatable bonds is 4. The number of ether oxygens (including phenoxy) is 1. The molecule has 4 rings (SSSR count). The number of nitrogens with zero attached hydrogens (tertiary/aromatic N) is 4. The van der Waals surface area contributed by atoms with Gasteiger partial charge in [-0.3, -0.25) is 4.79 Å². The third-order valence-corrected chi connectivity index (χ3v) is 6.22. The van der Waals surface area contributed by atoms with Gasteiger partial charge in [-0.15, -0.1) is 0 Å². The second kappa shape index (κ2) is 8.99. The molecule has 1 saturated carbocycles. The van der Waals surface area contributed by atoms with Crippen LogP contribution in [0.1, 0.15) is 64.0 Å². The minimum Gasteiger partial charge on any atom is -0.461 e. The van der Waals surface area contributed by atoms with Gasteiger partial charge in [-0.1, -0.05) is 32.4 Å². The number of benzene rings is 1. The molecular formula is C24H30N4O2. The number of carbonyl (C=O) groups excluding carboxylic acids is 1. The number of anilines is 1. The van der Waals surface area contributed by atoms with Gasteiger partial charge in [0.25, 0.3) is 0 Å². The Morgan fingerprint density at radius 2 is 1.73 bits per heavy atom. The van der Waals surface area contributed by atoms with Crippen LogP contribution in [0, 0.1) is 23.2 Å². The van der Waals surface area contributed by atoms with Gasteiger partial charge in [0, 0.05) is 13.1 Å². The molecule has 3 atom stereocenters. The minimum atomic E-state index is -1.06. The predicted molar refractivity (Wildman–Crippen MR) is 116 cm³/mol. The number of para-hydroxylation sites is 2. The normalized spacial score (nSPS) is 23.7. The van der Waals surface area contributed by atoms with Crippen LogP contribution >= 0.6 is 0 Å². The molecule has 2 aliphatic rings. The summed E-state index contributed by atoms with van der Waals surface area (Å²) < 4.78 is 5.75. The molecule has 1 saturated heterocycles. The number of carbonyl (C=O) groups is 1. The van der Waals surface area contributed by atoms with Crippen molar-refractivity contribution in [2.75, 3.05) is 18.0 Å². The Hall–Kier alpha value is -2.68. The van der Waals surface area contributed by atoms with Crippen LogP contribution in [0.25, 0.3) is 11.0 Å². The molecule has 1 aliphatic heterocycles. The summed E-state index contributed by atoms with van der Waals surface area (Å²) in [6.07, 6.45) is 6.15. The van der Waals surface area contributed by atoms with Crippen molar-refractivity contribution < 1.29 is 9.53 Å². The summed E-state index contributed by atoms with van der Waals surface area (Å²) >= 11 is 0. The zero-order valence-electron chi connectivity index (χ0n) is 17.9. The van der Waals surface area contributed by atoms with E-state index in [0.29, 0.717) is 28.9 Å². The van der Waals surface area contributed by atoms with Crippen LogP contribution < -0.4 is 4.90 Å². The first kappa shape index (κ1) is 20.6. The van der Waals surface area contributed by atoms with E-state index >= 15 is 0 Å². The van der Waals surface area contributed by atoms with Crippen LogP contribution in [0.5, 0.6) is 0 Å².